The number of aromatic nitrogens is 1. The first kappa shape index (κ1) is 19.2. The zero-order valence-corrected chi connectivity index (χ0v) is 14.5. The Hall–Kier alpha value is -1.62. The van der Waals surface area contributed by atoms with E-state index in [1.54, 1.807) is 0 Å². The Labute approximate surface area is 153 Å². The van der Waals surface area contributed by atoms with E-state index >= 15 is 0 Å². The number of pyridine rings is 1. The summed E-state index contributed by atoms with van der Waals surface area (Å²) in [6.07, 6.45) is -1.30. The molecule has 7 nitrogen and oxygen atoms in total. The number of amides is 1. The summed E-state index contributed by atoms with van der Waals surface area (Å²) in [4.78, 5) is 15.9. The van der Waals surface area contributed by atoms with Gasteiger partial charge in [0, 0.05) is 37.3 Å². The first-order chi connectivity index (χ1) is 12.3. The Morgan fingerprint density at radius 2 is 2.04 bits per heavy atom. The van der Waals surface area contributed by atoms with Crippen LogP contribution in [-0.4, -0.2) is 36.1 Å². The Morgan fingerprint density at radius 1 is 1.27 bits per heavy atom. The molecule has 0 bridgehead atoms. The molecular formula is C15H20ClF3N6O. The van der Waals surface area contributed by atoms with Crippen LogP contribution in [0.15, 0.2) is 12.3 Å². The Bertz CT molecular complexity index is 659. The van der Waals surface area contributed by atoms with Crippen LogP contribution in [0.4, 0.5) is 19.0 Å². The lowest BCUT2D eigenvalue weighted by Crippen LogP contribution is -2.44. The van der Waals surface area contributed by atoms with Gasteiger partial charge >= 0.3 is 6.18 Å². The quantitative estimate of drug-likeness (QED) is 0.487. The van der Waals surface area contributed by atoms with Crippen molar-refractivity contribution in [2.45, 2.75) is 37.5 Å². The van der Waals surface area contributed by atoms with Gasteiger partial charge in [0.05, 0.1) is 10.6 Å². The zero-order valence-electron chi connectivity index (χ0n) is 13.8. The van der Waals surface area contributed by atoms with Gasteiger partial charge in [0.25, 0.3) is 0 Å². The molecule has 1 saturated heterocycles. The van der Waals surface area contributed by atoms with E-state index in [2.05, 4.69) is 32.0 Å². The number of hydrogen-bond acceptors (Lipinski definition) is 6. The second-order valence-corrected chi connectivity index (χ2v) is 6.81. The van der Waals surface area contributed by atoms with Crippen molar-refractivity contribution in [3.05, 3.63) is 22.8 Å². The monoisotopic (exact) mass is 392 g/mol. The molecule has 3 rings (SSSR count). The lowest BCUT2D eigenvalue weighted by atomic mass is 9.82. The topological polar surface area (TPSA) is 90.1 Å². The van der Waals surface area contributed by atoms with Crippen LogP contribution in [0, 0.1) is 5.92 Å². The van der Waals surface area contributed by atoms with Gasteiger partial charge in [-0.2, -0.15) is 18.7 Å². The minimum atomic E-state index is -4.48. The van der Waals surface area contributed by atoms with Gasteiger partial charge in [0.1, 0.15) is 5.82 Å². The fourth-order valence-electron chi connectivity index (χ4n) is 3.20. The van der Waals surface area contributed by atoms with Crippen molar-refractivity contribution >= 4 is 23.3 Å². The molecule has 11 heteroatoms. The van der Waals surface area contributed by atoms with E-state index in [9.17, 15) is 18.0 Å². The van der Waals surface area contributed by atoms with Crippen molar-refractivity contribution in [1.29, 1.82) is 0 Å². The third-order valence-corrected chi connectivity index (χ3v) is 4.91. The lowest BCUT2D eigenvalue weighted by Gasteiger charge is -2.29. The maximum Gasteiger partial charge on any atom is 0.417 e. The Balaban J connectivity index is 1.42. The lowest BCUT2D eigenvalue weighted by molar-refractivity contribution is -0.137. The number of fused-ring (bicyclic) bond motifs is 1. The van der Waals surface area contributed by atoms with Gasteiger partial charge in [0.2, 0.25) is 5.91 Å². The number of anilines is 1. The van der Waals surface area contributed by atoms with Crippen LogP contribution in [0.5, 0.6) is 0 Å². The van der Waals surface area contributed by atoms with Crippen LogP contribution in [0.3, 0.4) is 0 Å². The number of hydrazine groups is 2. The second-order valence-electron chi connectivity index (χ2n) is 6.41. The summed E-state index contributed by atoms with van der Waals surface area (Å²) in [5.41, 5.74) is 8.19. The van der Waals surface area contributed by atoms with Gasteiger partial charge in [0.15, 0.2) is 0 Å². The molecule has 3 atom stereocenters. The summed E-state index contributed by atoms with van der Waals surface area (Å²) in [6, 6.07) is 1.39. The van der Waals surface area contributed by atoms with Crippen LogP contribution in [0.25, 0.3) is 0 Å². The number of nitrogens with one attached hydrogen (secondary N) is 5. The van der Waals surface area contributed by atoms with Crippen molar-refractivity contribution < 1.29 is 18.0 Å². The summed E-state index contributed by atoms with van der Waals surface area (Å²) in [5.74, 6) is 0.0744. The maximum absolute atomic E-state index is 12.6. The maximum atomic E-state index is 12.6. The molecular weight excluding hydrogens is 373 g/mol. The third kappa shape index (κ3) is 4.56. The average Bonchev–Trinajstić information content (AvgIpc) is 3.06. The molecule has 1 aromatic rings. The van der Waals surface area contributed by atoms with Crippen LogP contribution < -0.4 is 27.0 Å². The van der Waals surface area contributed by atoms with E-state index in [4.69, 9.17) is 11.6 Å². The molecule has 3 unspecified atom stereocenters. The molecule has 1 aliphatic carbocycles. The van der Waals surface area contributed by atoms with Crippen molar-refractivity contribution in [1.82, 2.24) is 26.7 Å². The number of carbonyl (C=O) groups is 1. The number of alkyl halides is 3. The summed E-state index contributed by atoms with van der Waals surface area (Å²) in [6.45, 7) is 0.635. The molecule has 1 amide bonds. The Kier molecular flexibility index (Phi) is 5.86. The predicted molar refractivity (Wildman–Crippen MR) is 90.1 cm³/mol. The number of hydrogen-bond donors (Lipinski definition) is 5. The standard InChI is InChI=1S/C15H20ClF3N6O/c16-10-6-9(15(17,18)19)7-22-13(10)20-3-4-21-14(26)8-1-2-11-12(5-8)24-25-23-11/h6-8,11-12,23-25H,1-5H2,(H,20,22)(H,21,26). The molecule has 2 fully saturated rings. The highest BCUT2D eigenvalue weighted by Crippen LogP contribution is 2.32. The normalized spacial score (nSPS) is 25.6. The third-order valence-electron chi connectivity index (χ3n) is 4.62. The van der Waals surface area contributed by atoms with Crippen LogP contribution in [0.2, 0.25) is 5.02 Å². The van der Waals surface area contributed by atoms with Gasteiger partial charge in [-0.25, -0.2) is 15.8 Å². The minimum absolute atomic E-state index is 0.0228. The molecule has 1 aromatic heterocycles. The largest absolute Gasteiger partial charge is 0.417 e. The molecule has 0 spiro atoms. The van der Waals surface area contributed by atoms with E-state index in [0.29, 0.717) is 19.1 Å². The highest BCUT2D eigenvalue weighted by Gasteiger charge is 2.36. The van der Waals surface area contributed by atoms with Crippen molar-refractivity contribution in [3.63, 3.8) is 0 Å². The molecule has 1 aliphatic heterocycles. The smallest absolute Gasteiger partial charge is 0.367 e. The SMILES string of the molecule is O=C(NCCNc1ncc(C(F)(F)F)cc1Cl)C1CCC2NNNC2C1. The highest BCUT2D eigenvalue weighted by atomic mass is 35.5. The van der Waals surface area contributed by atoms with E-state index in [-0.39, 0.29) is 28.7 Å². The molecule has 2 heterocycles. The Morgan fingerprint density at radius 3 is 2.77 bits per heavy atom. The van der Waals surface area contributed by atoms with E-state index in [1.165, 1.54) is 0 Å². The molecule has 0 radical (unpaired) electrons. The number of halogens is 4. The van der Waals surface area contributed by atoms with Crippen molar-refractivity contribution in [2.75, 3.05) is 18.4 Å². The fourth-order valence-corrected chi connectivity index (χ4v) is 3.44. The van der Waals surface area contributed by atoms with Gasteiger partial charge in [-0.3, -0.25) is 4.79 Å². The van der Waals surface area contributed by atoms with Crippen molar-refractivity contribution in [2.24, 2.45) is 5.92 Å². The fraction of sp³-hybridized carbons (Fsp3) is 0.600. The van der Waals surface area contributed by atoms with Gasteiger partial charge < -0.3 is 10.6 Å². The molecule has 26 heavy (non-hydrogen) atoms. The van der Waals surface area contributed by atoms with E-state index in [1.807, 2.05) is 0 Å². The van der Waals surface area contributed by atoms with Crippen molar-refractivity contribution in [3.8, 4) is 0 Å². The van der Waals surface area contributed by atoms with Gasteiger partial charge in [-0.1, -0.05) is 11.6 Å². The van der Waals surface area contributed by atoms with Gasteiger partial charge in [-0.15, -0.1) is 0 Å². The summed E-state index contributed by atoms with van der Waals surface area (Å²) < 4.78 is 37.7. The first-order valence-electron chi connectivity index (χ1n) is 8.35. The van der Waals surface area contributed by atoms with E-state index < -0.39 is 11.7 Å². The molecule has 1 saturated carbocycles. The number of nitrogens with zero attached hydrogens (tertiary/aromatic N) is 1. The predicted octanol–water partition coefficient (Wildman–Crippen LogP) is 1.43. The summed E-state index contributed by atoms with van der Waals surface area (Å²) in [7, 11) is 0. The number of rotatable bonds is 5. The van der Waals surface area contributed by atoms with Gasteiger partial charge in [-0.05, 0) is 25.3 Å². The molecule has 144 valence electrons. The van der Waals surface area contributed by atoms with Crippen LogP contribution in [0.1, 0.15) is 24.8 Å². The highest BCUT2D eigenvalue weighted by molar-refractivity contribution is 6.32. The van der Waals surface area contributed by atoms with Crippen LogP contribution >= 0.6 is 11.6 Å². The minimum Gasteiger partial charge on any atom is -0.367 e. The molecule has 5 N–H and O–H groups in total. The number of carbonyl (C=O) groups excluding carboxylic acids is 1. The molecule has 2 aliphatic rings. The zero-order chi connectivity index (χ0) is 18.7. The second kappa shape index (κ2) is 7.95. The molecule has 0 aromatic carbocycles. The summed E-state index contributed by atoms with van der Waals surface area (Å²) in [5, 5.41) is 5.55. The van der Waals surface area contributed by atoms with Crippen LogP contribution in [-0.2, 0) is 11.0 Å². The average molecular weight is 393 g/mol. The first-order valence-corrected chi connectivity index (χ1v) is 8.73. The summed E-state index contributed by atoms with van der Waals surface area (Å²) >= 11 is 5.82. The van der Waals surface area contributed by atoms with E-state index in [0.717, 1.165) is 31.5 Å².